The van der Waals surface area contributed by atoms with Gasteiger partial charge in [-0.2, -0.15) is 0 Å². The molecule has 0 aliphatic carbocycles. The zero-order valence-corrected chi connectivity index (χ0v) is 20.5. The molecule has 2 aromatic carbocycles. The largest absolute Gasteiger partial charge is 0.367 e. The molecule has 5 rings (SSSR count). The van der Waals surface area contributed by atoms with E-state index >= 15 is 0 Å². The Bertz CT molecular complexity index is 1320. The van der Waals surface area contributed by atoms with Crippen LogP contribution < -0.4 is 10.6 Å². The Morgan fingerprint density at radius 1 is 1.00 bits per heavy atom. The van der Waals surface area contributed by atoms with Crippen molar-refractivity contribution in [3.05, 3.63) is 72.4 Å². The average molecular weight is 458 g/mol. The number of hydrogen-bond acceptors (Lipinski definition) is 4. The first-order valence-electron chi connectivity index (χ1n) is 11.9. The normalized spacial score (nSPS) is 17.7. The lowest BCUT2D eigenvalue weighted by atomic mass is 9.79. The van der Waals surface area contributed by atoms with Gasteiger partial charge in [-0.3, -0.25) is 0 Å². The van der Waals surface area contributed by atoms with Crippen molar-refractivity contribution >= 4 is 16.9 Å². The average Bonchev–Trinajstić information content (AvgIpc) is 3.13. The van der Waals surface area contributed by atoms with Crippen molar-refractivity contribution in [2.24, 2.45) is 0 Å². The van der Waals surface area contributed by atoms with E-state index in [9.17, 15) is 4.39 Å². The summed E-state index contributed by atoms with van der Waals surface area (Å²) in [4.78, 5) is 9.38. The fraction of sp³-hybridized carbons (Fsp3) is 0.357. The molecular weight excluding hydrogens is 425 g/mol. The van der Waals surface area contributed by atoms with Gasteiger partial charge in [0.15, 0.2) is 5.65 Å². The van der Waals surface area contributed by atoms with Crippen molar-refractivity contribution in [3.8, 4) is 16.8 Å². The minimum Gasteiger partial charge on any atom is -0.367 e. The maximum absolute atomic E-state index is 13.7. The van der Waals surface area contributed by atoms with Crippen LogP contribution >= 0.6 is 0 Å². The molecular formula is C28H32FN5. The lowest BCUT2D eigenvalue weighted by Crippen LogP contribution is -2.60. The molecule has 0 amide bonds. The van der Waals surface area contributed by atoms with Crippen molar-refractivity contribution in [1.29, 1.82) is 0 Å². The molecule has 0 unspecified atom stereocenters. The van der Waals surface area contributed by atoms with E-state index in [2.05, 4.69) is 79.2 Å². The Morgan fingerprint density at radius 3 is 2.38 bits per heavy atom. The van der Waals surface area contributed by atoms with E-state index in [1.165, 1.54) is 17.7 Å². The van der Waals surface area contributed by atoms with E-state index in [4.69, 9.17) is 4.98 Å². The minimum absolute atomic E-state index is 0.0127. The predicted molar refractivity (Wildman–Crippen MR) is 137 cm³/mol. The molecule has 4 aromatic rings. The van der Waals surface area contributed by atoms with E-state index in [1.54, 1.807) is 6.33 Å². The van der Waals surface area contributed by atoms with Gasteiger partial charge in [0.05, 0.1) is 5.39 Å². The Labute approximate surface area is 200 Å². The molecule has 1 aliphatic heterocycles. The Hall–Kier alpha value is -3.25. The van der Waals surface area contributed by atoms with Gasteiger partial charge in [-0.25, -0.2) is 14.4 Å². The van der Waals surface area contributed by atoms with Crippen LogP contribution in [0.1, 0.15) is 46.1 Å². The summed E-state index contributed by atoms with van der Waals surface area (Å²) < 4.78 is 15.8. The number of benzene rings is 2. The molecule has 1 saturated heterocycles. The first-order chi connectivity index (χ1) is 16.1. The lowest BCUT2D eigenvalue weighted by molar-refractivity contribution is 0.170. The molecule has 5 nitrogen and oxygen atoms in total. The van der Waals surface area contributed by atoms with Crippen LogP contribution in [0.25, 0.3) is 27.8 Å². The van der Waals surface area contributed by atoms with Gasteiger partial charge >= 0.3 is 0 Å². The third-order valence-electron chi connectivity index (χ3n) is 6.55. The first kappa shape index (κ1) is 22.5. The molecule has 1 fully saturated rings. The number of piperidine rings is 1. The molecule has 2 aromatic heterocycles. The second-order valence-electron chi connectivity index (χ2n) is 10.8. The van der Waals surface area contributed by atoms with Gasteiger partial charge in [0.25, 0.3) is 0 Å². The highest BCUT2D eigenvalue weighted by molar-refractivity contribution is 6.02. The summed E-state index contributed by atoms with van der Waals surface area (Å²) in [6.45, 7) is 11.1. The van der Waals surface area contributed by atoms with E-state index in [0.29, 0.717) is 0 Å². The van der Waals surface area contributed by atoms with Crippen LogP contribution in [0.5, 0.6) is 0 Å². The summed E-state index contributed by atoms with van der Waals surface area (Å²) in [5.41, 5.74) is 4.97. The number of aromatic nitrogens is 3. The van der Waals surface area contributed by atoms with E-state index < -0.39 is 0 Å². The number of rotatable bonds is 4. The van der Waals surface area contributed by atoms with Crippen LogP contribution in [0.15, 0.2) is 61.1 Å². The monoisotopic (exact) mass is 457 g/mol. The second kappa shape index (κ2) is 8.20. The molecule has 34 heavy (non-hydrogen) atoms. The highest BCUT2D eigenvalue weighted by atomic mass is 19.1. The number of fused-ring (bicyclic) bond motifs is 1. The van der Waals surface area contributed by atoms with Crippen molar-refractivity contribution in [2.75, 3.05) is 5.32 Å². The van der Waals surface area contributed by atoms with E-state index in [1.807, 2.05) is 18.2 Å². The van der Waals surface area contributed by atoms with Crippen molar-refractivity contribution in [1.82, 2.24) is 19.9 Å². The van der Waals surface area contributed by atoms with Gasteiger partial charge in [-0.1, -0.05) is 24.3 Å². The summed E-state index contributed by atoms with van der Waals surface area (Å²) in [6, 6.07) is 15.2. The molecule has 2 N–H and O–H groups in total. The zero-order chi connectivity index (χ0) is 24.1. The van der Waals surface area contributed by atoms with Crippen LogP contribution in [-0.2, 0) is 0 Å². The zero-order valence-electron chi connectivity index (χ0n) is 20.5. The van der Waals surface area contributed by atoms with Crippen LogP contribution in [0.4, 0.5) is 10.2 Å². The third-order valence-corrected chi connectivity index (χ3v) is 6.55. The molecule has 3 heterocycles. The topological polar surface area (TPSA) is 54.8 Å². The highest BCUT2D eigenvalue weighted by Crippen LogP contribution is 2.37. The Kier molecular flexibility index (Phi) is 5.44. The molecule has 0 spiro atoms. The number of nitrogens with zero attached hydrogens (tertiary/aromatic N) is 3. The minimum atomic E-state index is -0.250. The quantitative estimate of drug-likeness (QED) is 0.380. The Morgan fingerprint density at radius 2 is 1.71 bits per heavy atom. The summed E-state index contributed by atoms with van der Waals surface area (Å²) in [5.74, 6) is 0.564. The molecule has 0 radical (unpaired) electrons. The van der Waals surface area contributed by atoms with Crippen molar-refractivity contribution < 1.29 is 4.39 Å². The number of hydrogen-bond donors (Lipinski definition) is 2. The molecule has 1 aliphatic rings. The van der Waals surface area contributed by atoms with Crippen LogP contribution in [0.2, 0.25) is 0 Å². The van der Waals surface area contributed by atoms with Crippen LogP contribution in [-0.4, -0.2) is 31.7 Å². The smallest absolute Gasteiger partial charge is 0.150 e. The first-order valence-corrected chi connectivity index (χ1v) is 11.9. The van der Waals surface area contributed by atoms with Gasteiger partial charge in [-0.15, -0.1) is 0 Å². The van der Waals surface area contributed by atoms with Crippen molar-refractivity contribution in [3.63, 3.8) is 0 Å². The molecule has 0 bridgehead atoms. The van der Waals surface area contributed by atoms with Gasteiger partial charge in [0, 0.05) is 34.6 Å². The maximum Gasteiger partial charge on any atom is 0.150 e. The lowest BCUT2D eigenvalue weighted by Gasteiger charge is -2.46. The fourth-order valence-electron chi connectivity index (χ4n) is 5.61. The van der Waals surface area contributed by atoms with Gasteiger partial charge < -0.3 is 15.2 Å². The molecule has 176 valence electrons. The summed E-state index contributed by atoms with van der Waals surface area (Å²) in [6.07, 6.45) is 5.67. The maximum atomic E-state index is 13.7. The molecule has 6 heteroatoms. The van der Waals surface area contributed by atoms with Gasteiger partial charge in [-0.05, 0) is 82.9 Å². The van der Waals surface area contributed by atoms with Gasteiger partial charge in [0.2, 0.25) is 0 Å². The standard InChI is InChI=1S/C28H32FN5/c1-18-7-6-8-22(13-18)34-16-23(19-9-11-20(29)12-10-19)24-25(30-17-31-26(24)34)32-21-14-27(2,3)33-28(4,5)15-21/h6-13,16-17,21,33H,14-15H2,1-5H3,(H,30,31,32). The second-order valence-corrected chi connectivity index (χ2v) is 10.8. The summed E-state index contributed by atoms with van der Waals surface area (Å²) in [5, 5.41) is 8.45. The van der Waals surface area contributed by atoms with Crippen molar-refractivity contribution in [2.45, 2.75) is 64.6 Å². The fourth-order valence-corrected chi connectivity index (χ4v) is 5.61. The SMILES string of the molecule is Cc1cccc(-n2cc(-c3ccc(F)cc3)c3c(NC4CC(C)(C)NC(C)(C)C4)ncnc32)c1. The van der Waals surface area contributed by atoms with Crippen LogP contribution in [0, 0.1) is 12.7 Å². The molecule has 0 atom stereocenters. The Balaban J connectivity index is 1.66. The summed E-state index contributed by atoms with van der Waals surface area (Å²) in [7, 11) is 0. The number of halogens is 1. The predicted octanol–water partition coefficient (Wildman–Crippen LogP) is 6.26. The third kappa shape index (κ3) is 4.42. The number of anilines is 1. The van der Waals surface area contributed by atoms with Gasteiger partial charge in [0.1, 0.15) is 18.0 Å². The van der Waals surface area contributed by atoms with Crippen LogP contribution in [0.3, 0.4) is 0 Å². The van der Waals surface area contributed by atoms with E-state index in [-0.39, 0.29) is 22.9 Å². The highest BCUT2D eigenvalue weighted by Gasteiger charge is 2.38. The number of aryl methyl sites for hydroxylation is 1. The molecule has 0 saturated carbocycles. The summed E-state index contributed by atoms with van der Waals surface area (Å²) >= 11 is 0. The van der Waals surface area contributed by atoms with E-state index in [0.717, 1.165) is 46.5 Å². The number of nitrogens with one attached hydrogen (secondary N) is 2.